The van der Waals surface area contributed by atoms with Crippen molar-refractivity contribution in [1.29, 1.82) is 0 Å². The van der Waals surface area contributed by atoms with Crippen molar-refractivity contribution in [2.45, 2.75) is 19.3 Å². The second kappa shape index (κ2) is 6.49. The Morgan fingerprint density at radius 1 is 1.12 bits per heavy atom. The van der Waals surface area contributed by atoms with Crippen LogP contribution in [0.25, 0.3) is 10.9 Å². The summed E-state index contributed by atoms with van der Waals surface area (Å²) in [6.45, 7) is 1.83. The molecule has 0 fully saturated rings. The van der Waals surface area contributed by atoms with E-state index in [1.165, 1.54) is 0 Å². The number of halogens is 1. The number of aromatic amines is 1. The van der Waals surface area contributed by atoms with Gasteiger partial charge in [-0.05, 0) is 42.8 Å². The molecule has 1 unspecified atom stereocenters. The molecule has 1 atom stereocenters. The van der Waals surface area contributed by atoms with Crippen molar-refractivity contribution in [1.82, 2.24) is 4.98 Å². The second-order valence-corrected chi connectivity index (χ2v) is 6.17. The van der Waals surface area contributed by atoms with Gasteiger partial charge in [0, 0.05) is 33.6 Å². The van der Waals surface area contributed by atoms with Crippen molar-refractivity contribution in [3.8, 4) is 0 Å². The monoisotopic (exact) mass is 341 g/mol. The van der Waals surface area contributed by atoms with Crippen LogP contribution >= 0.6 is 11.6 Å². The molecule has 1 aromatic heterocycles. The highest BCUT2D eigenvalue weighted by Crippen LogP contribution is 2.32. The number of ketones is 1. The first kappa shape index (κ1) is 16.3. The van der Waals surface area contributed by atoms with Gasteiger partial charge in [0.15, 0.2) is 5.78 Å². The van der Waals surface area contributed by atoms with E-state index >= 15 is 0 Å². The zero-order chi connectivity index (χ0) is 17.3. The molecular weight excluding hydrogens is 326 g/mol. The fourth-order valence-corrected chi connectivity index (χ4v) is 3.13. The number of aliphatic carboxylic acids is 1. The van der Waals surface area contributed by atoms with Crippen molar-refractivity contribution < 1.29 is 14.7 Å². The summed E-state index contributed by atoms with van der Waals surface area (Å²) in [5.74, 6) is -2.13. The van der Waals surface area contributed by atoms with Crippen LogP contribution in [0, 0.1) is 6.92 Å². The normalized spacial score (nSPS) is 12.2. The third kappa shape index (κ3) is 3.05. The van der Waals surface area contributed by atoms with Crippen LogP contribution in [0.5, 0.6) is 0 Å². The number of H-pyrrole nitrogens is 1. The number of aromatic nitrogens is 1. The number of hydrogen-bond donors (Lipinski definition) is 2. The Labute approximate surface area is 144 Å². The molecule has 3 rings (SSSR count). The number of fused-ring (bicyclic) bond motifs is 1. The van der Waals surface area contributed by atoms with E-state index in [2.05, 4.69) is 4.98 Å². The van der Waals surface area contributed by atoms with Crippen LogP contribution in [0.15, 0.2) is 48.5 Å². The second-order valence-electron chi connectivity index (χ2n) is 5.73. The minimum Gasteiger partial charge on any atom is -0.481 e. The molecule has 0 amide bonds. The average Bonchev–Trinajstić information content (AvgIpc) is 2.88. The van der Waals surface area contributed by atoms with E-state index in [1.807, 2.05) is 31.2 Å². The lowest BCUT2D eigenvalue weighted by Gasteiger charge is -2.13. The van der Waals surface area contributed by atoms with Crippen LogP contribution in [0.1, 0.15) is 34.0 Å². The van der Waals surface area contributed by atoms with Gasteiger partial charge in [-0.1, -0.05) is 29.8 Å². The van der Waals surface area contributed by atoms with Gasteiger partial charge >= 0.3 is 5.97 Å². The Bertz CT molecular complexity index is 912. The molecule has 4 nitrogen and oxygen atoms in total. The fourth-order valence-electron chi connectivity index (χ4n) is 3.00. The maximum absolute atomic E-state index is 12.5. The van der Waals surface area contributed by atoms with Crippen LogP contribution in [0.2, 0.25) is 5.02 Å². The van der Waals surface area contributed by atoms with Crippen molar-refractivity contribution in [3.63, 3.8) is 0 Å². The molecule has 0 saturated carbocycles. The molecule has 3 aromatic rings. The quantitative estimate of drug-likeness (QED) is 0.668. The molecule has 0 bridgehead atoms. The van der Waals surface area contributed by atoms with Crippen LogP contribution in [-0.4, -0.2) is 21.8 Å². The Balaban J connectivity index is 1.98. The number of carbonyl (C=O) groups is 2. The summed E-state index contributed by atoms with van der Waals surface area (Å²) in [4.78, 5) is 27.5. The largest absolute Gasteiger partial charge is 0.481 e. The molecule has 0 aliphatic heterocycles. The Morgan fingerprint density at radius 2 is 1.79 bits per heavy atom. The highest BCUT2D eigenvalue weighted by molar-refractivity contribution is 6.30. The van der Waals surface area contributed by atoms with Gasteiger partial charge in [0.1, 0.15) is 0 Å². The third-order valence-electron chi connectivity index (χ3n) is 4.15. The number of nitrogens with one attached hydrogen (secondary N) is 1. The molecular formula is C19H16ClNO3. The van der Waals surface area contributed by atoms with Crippen LogP contribution < -0.4 is 0 Å². The molecule has 0 aliphatic carbocycles. The zero-order valence-electron chi connectivity index (χ0n) is 13.0. The van der Waals surface area contributed by atoms with E-state index in [0.717, 1.165) is 16.6 Å². The summed E-state index contributed by atoms with van der Waals surface area (Å²) in [6.07, 6.45) is -0.0976. The van der Waals surface area contributed by atoms with Gasteiger partial charge < -0.3 is 10.1 Å². The van der Waals surface area contributed by atoms with Crippen molar-refractivity contribution in [2.75, 3.05) is 0 Å². The topological polar surface area (TPSA) is 70.2 Å². The minimum atomic E-state index is -1.01. The highest BCUT2D eigenvalue weighted by atomic mass is 35.5. The van der Waals surface area contributed by atoms with E-state index in [-0.39, 0.29) is 12.2 Å². The Hall–Kier alpha value is -2.59. The van der Waals surface area contributed by atoms with E-state index in [0.29, 0.717) is 16.1 Å². The standard InChI is InChI=1S/C19H16ClNO3/c1-11-18(14-4-2-3-5-16(14)21-11)15(19(23)24)10-17(22)12-6-8-13(20)9-7-12/h2-9,15,21H,10H2,1H3,(H,23,24). The molecule has 5 heteroatoms. The summed E-state index contributed by atoms with van der Waals surface area (Å²) in [6, 6.07) is 14.0. The first-order valence-corrected chi connectivity index (χ1v) is 7.94. The van der Waals surface area contributed by atoms with Gasteiger partial charge in [-0.25, -0.2) is 0 Å². The van der Waals surface area contributed by atoms with Gasteiger partial charge in [0.2, 0.25) is 0 Å². The van der Waals surface area contributed by atoms with Crippen molar-refractivity contribution in [3.05, 3.63) is 70.4 Å². The van der Waals surface area contributed by atoms with E-state index in [1.54, 1.807) is 24.3 Å². The number of carboxylic acids is 1. The number of rotatable bonds is 5. The lowest BCUT2D eigenvalue weighted by molar-refractivity contribution is -0.138. The minimum absolute atomic E-state index is 0.0976. The summed E-state index contributed by atoms with van der Waals surface area (Å²) in [5.41, 5.74) is 2.77. The smallest absolute Gasteiger partial charge is 0.311 e. The average molecular weight is 342 g/mol. The maximum atomic E-state index is 12.5. The van der Waals surface area contributed by atoms with Crippen LogP contribution in [0.3, 0.4) is 0 Å². The predicted molar refractivity (Wildman–Crippen MR) is 93.8 cm³/mol. The van der Waals surface area contributed by atoms with Crippen LogP contribution in [-0.2, 0) is 4.79 Å². The first-order chi connectivity index (χ1) is 11.5. The third-order valence-corrected chi connectivity index (χ3v) is 4.40. The summed E-state index contributed by atoms with van der Waals surface area (Å²) in [5, 5.41) is 11.1. The number of hydrogen-bond acceptors (Lipinski definition) is 2. The highest BCUT2D eigenvalue weighted by Gasteiger charge is 2.28. The first-order valence-electron chi connectivity index (χ1n) is 7.56. The summed E-state index contributed by atoms with van der Waals surface area (Å²) in [7, 11) is 0. The van der Waals surface area contributed by atoms with E-state index < -0.39 is 11.9 Å². The van der Waals surface area contributed by atoms with Crippen molar-refractivity contribution in [2.24, 2.45) is 0 Å². The molecule has 0 spiro atoms. The molecule has 1 heterocycles. The molecule has 24 heavy (non-hydrogen) atoms. The summed E-state index contributed by atoms with van der Waals surface area (Å²) < 4.78 is 0. The number of carboxylic acid groups (broad SMARTS) is 1. The SMILES string of the molecule is Cc1[nH]c2ccccc2c1C(CC(=O)c1ccc(Cl)cc1)C(=O)O. The van der Waals surface area contributed by atoms with Gasteiger partial charge in [0.05, 0.1) is 5.92 Å². The van der Waals surface area contributed by atoms with Crippen molar-refractivity contribution >= 4 is 34.3 Å². The lowest BCUT2D eigenvalue weighted by atomic mass is 9.89. The molecule has 2 aromatic carbocycles. The molecule has 0 saturated heterocycles. The molecule has 0 aliphatic rings. The molecule has 122 valence electrons. The van der Waals surface area contributed by atoms with Gasteiger partial charge in [-0.15, -0.1) is 0 Å². The fraction of sp³-hybridized carbons (Fsp3) is 0.158. The number of aryl methyl sites for hydroxylation is 1. The lowest BCUT2D eigenvalue weighted by Crippen LogP contribution is -2.17. The maximum Gasteiger partial charge on any atom is 0.311 e. The number of benzene rings is 2. The predicted octanol–water partition coefficient (Wildman–Crippen LogP) is 4.57. The zero-order valence-corrected chi connectivity index (χ0v) is 13.8. The van der Waals surface area contributed by atoms with E-state index in [4.69, 9.17) is 11.6 Å². The number of para-hydroxylation sites is 1. The number of Topliss-reactive ketones (excluding diaryl/α,β-unsaturated/α-hetero) is 1. The molecule has 2 N–H and O–H groups in total. The van der Waals surface area contributed by atoms with E-state index in [9.17, 15) is 14.7 Å². The summed E-state index contributed by atoms with van der Waals surface area (Å²) >= 11 is 5.83. The van der Waals surface area contributed by atoms with Gasteiger partial charge in [-0.3, -0.25) is 9.59 Å². The Kier molecular flexibility index (Phi) is 4.40. The number of carbonyl (C=O) groups excluding carboxylic acids is 1. The molecule has 0 radical (unpaired) electrons. The van der Waals surface area contributed by atoms with Crippen LogP contribution in [0.4, 0.5) is 0 Å². The van der Waals surface area contributed by atoms with Gasteiger partial charge in [0.25, 0.3) is 0 Å². The van der Waals surface area contributed by atoms with Gasteiger partial charge in [-0.2, -0.15) is 0 Å². The Morgan fingerprint density at radius 3 is 2.46 bits per heavy atom.